The Morgan fingerprint density at radius 2 is 0.981 bits per heavy atom. The Morgan fingerprint density at radius 1 is 0.596 bits per heavy atom. The summed E-state index contributed by atoms with van der Waals surface area (Å²) in [6.07, 6.45) is 2.74. The maximum absolute atomic E-state index is 13.6. The lowest BCUT2D eigenvalue weighted by Crippen LogP contribution is -2.26. The number of benzene rings is 4. The summed E-state index contributed by atoms with van der Waals surface area (Å²) >= 11 is 0. The highest BCUT2D eigenvalue weighted by molar-refractivity contribution is 6.22. The molecule has 52 heavy (non-hydrogen) atoms. The lowest BCUT2D eigenvalue weighted by molar-refractivity contribution is -0.150. The molecule has 0 bridgehead atoms. The average molecular weight is 705 g/mol. The van der Waals surface area contributed by atoms with Gasteiger partial charge >= 0.3 is 11.9 Å². The summed E-state index contributed by atoms with van der Waals surface area (Å²) in [7, 11) is 0. The second kappa shape index (κ2) is 17.6. The maximum Gasteiger partial charge on any atom is 0.333 e. The van der Waals surface area contributed by atoms with E-state index in [1.54, 1.807) is 13.8 Å². The van der Waals surface area contributed by atoms with E-state index in [1.165, 1.54) is 0 Å². The van der Waals surface area contributed by atoms with Crippen LogP contribution in [-0.4, -0.2) is 66.6 Å². The zero-order chi connectivity index (χ0) is 37.2. The Bertz CT molecular complexity index is 1810. The van der Waals surface area contributed by atoms with Gasteiger partial charge in [-0.15, -0.1) is 0 Å². The SMILES string of the molecule is CCOC(Cc1ccc(OC/C=C(\C)c2ccc3c(c2)C(=O)c2cc(/C(C)=C/COc4ccc(CC(OCC)C(=O)O)cc4)ccc2-3)cc1)C(=O)O. The Balaban J connectivity index is 1.17. The van der Waals surface area contributed by atoms with Crippen LogP contribution in [0.5, 0.6) is 11.5 Å². The van der Waals surface area contributed by atoms with Crippen LogP contribution in [0.1, 0.15) is 65.9 Å². The largest absolute Gasteiger partial charge is 0.490 e. The van der Waals surface area contributed by atoms with Crippen molar-refractivity contribution in [1.82, 2.24) is 0 Å². The summed E-state index contributed by atoms with van der Waals surface area (Å²) < 4.78 is 22.4. The molecule has 2 unspecified atom stereocenters. The first-order valence-electron chi connectivity index (χ1n) is 17.4. The number of ketones is 1. The third-order valence-corrected chi connectivity index (χ3v) is 8.98. The van der Waals surface area contributed by atoms with Gasteiger partial charge in [-0.2, -0.15) is 0 Å². The molecule has 9 nitrogen and oxygen atoms in total. The van der Waals surface area contributed by atoms with E-state index in [4.69, 9.17) is 18.9 Å². The van der Waals surface area contributed by atoms with Gasteiger partial charge in [0.1, 0.15) is 24.7 Å². The van der Waals surface area contributed by atoms with Crippen molar-refractivity contribution in [3.63, 3.8) is 0 Å². The molecule has 0 saturated heterocycles. The lowest BCUT2D eigenvalue weighted by Gasteiger charge is -2.12. The third-order valence-electron chi connectivity index (χ3n) is 8.98. The number of hydrogen-bond donors (Lipinski definition) is 2. The Labute approximate surface area is 304 Å². The van der Waals surface area contributed by atoms with Gasteiger partial charge in [0.2, 0.25) is 0 Å². The van der Waals surface area contributed by atoms with Crippen LogP contribution in [0, 0.1) is 0 Å². The monoisotopic (exact) mass is 704 g/mol. The van der Waals surface area contributed by atoms with Crippen LogP contribution in [0.2, 0.25) is 0 Å². The van der Waals surface area contributed by atoms with E-state index >= 15 is 0 Å². The van der Waals surface area contributed by atoms with Crippen molar-refractivity contribution in [2.45, 2.75) is 52.7 Å². The summed E-state index contributed by atoms with van der Waals surface area (Å²) in [4.78, 5) is 36.4. The molecule has 0 radical (unpaired) electrons. The summed E-state index contributed by atoms with van der Waals surface area (Å²) in [5.41, 5.74) is 8.71. The quantitative estimate of drug-likeness (QED) is 0.0935. The van der Waals surface area contributed by atoms with E-state index in [9.17, 15) is 24.6 Å². The molecular weight excluding hydrogens is 660 g/mol. The van der Waals surface area contributed by atoms with E-state index in [2.05, 4.69) is 0 Å². The summed E-state index contributed by atoms with van der Waals surface area (Å²) in [6, 6.07) is 26.5. The van der Waals surface area contributed by atoms with Crippen molar-refractivity contribution in [3.05, 3.63) is 130 Å². The number of carbonyl (C=O) groups excluding carboxylic acids is 1. The van der Waals surface area contributed by atoms with Crippen LogP contribution in [0.4, 0.5) is 0 Å². The van der Waals surface area contributed by atoms with Gasteiger partial charge in [-0.1, -0.05) is 48.5 Å². The van der Waals surface area contributed by atoms with Gasteiger partial charge in [0, 0.05) is 37.2 Å². The van der Waals surface area contributed by atoms with E-state index in [1.807, 2.05) is 111 Å². The molecule has 5 rings (SSSR count). The summed E-state index contributed by atoms with van der Waals surface area (Å²) in [5, 5.41) is 18.7. The standard InChI is InChI=1S/C43H44O9/c1-5-49-39(42(45)46)23-29-7-13-33(14-8-29)51-21-19-27(3)31-11-17-35-36-18-12-32(26-38(36)41(44)37(35)25-31)28(4)20-22-52-34-15-9-30(10-16-34)24-40(43(47)48)50-6-2/h7-20,25-26,39-40H,5-6,21-24H2,1-4H3,(H,45,46)(H,47,48)/b27-19+,28-20+. The highest BCUT2D eigenvalue weighted by Crippen LogP contribution is 2.39. The van der Waals surface area contributed by atoms with Crippen molar-refractivity contribution < 1.29 is 43.5 Å². The Kier molecular flexibility index (Phi) is 12.8. The number of allylic oxidation sites excluding steroid dienone is 2. The highest BCUT2D eigenvalue weighted by atomic mass is 16.5. The molecule has 0 aliphatic heterocycles. The van der Waals surface area contributed by atoms with Gasteiger partial charge in [-0.25, -0.2) is 9.59 Å². The van der Waals surface area contributed by atoms with Crippen molar-refractivity contribution in [2.75, 3.05) is 26.4 Å². The fourth-order valence-electron chi connectivity index (χ4n) is 6.04. The van der Waals surface area contributed by atoms with E-state index in [0.717, 1.165) is 44.5 Å². The molecular formula is C43H44O9. The average Bonchev–Trinajstić information content (AvgIpc) is 3.42. The molecule has 270 valence electrons. The first-order chi connectivity index (χ1) is 25.1. The molecule has 0 saturated carbocycles. The predicted octanol–water partition coefficient (Wildman–Crippen LogP) is 7.93. The molecule has 1 aliphatic carbocycles. The number of rotatable bonds is 18. The van der Waals surface area contributed by atoms with Crippen LogP contribution in [0.25, 0.3) is 22.3 Å². The number of carboxylic acid groups (broad SMARTS) is 2. The lowest BCUT2D eigenvalue weighted by atomic mass is 9.98. The molecule has 2 atom stereocenters. The van der Waals surface area contributed by atoms with E-state index in [0.29, 0.717) is 49.1 Å². The Morgan fingerprint density at radius 3 is 1.33 bits per heavy atom. The molecule has 4 aromatic carbocycles. The van der Waals surface area contributed by atoms with Crippen molar-refractivity contribution in [1.29, 1.82) is 0 Å². The molecule has 0 aromatic heterocycles. The van der Waals surface area contributed by atoms with Crippen LogP contribution in [0.3, 0.4) is 0 Å². The zero-order valence-corrected chi connectivity index (χ0v) is 29.9. The van der Waals surface area contributed by atoms with E-state index in [-0.39, 0.29) is 18.6 Å². The zero-order valence-electron chi connectivity index (χ0n) is 29.9. The van der Waals surface area contributed by atoms with Crippen LogP contribution >= 0.6 is 0 Å². The summed E-state index contributed by atoms with van der Waals surface area (Å²) in [5.74, 6) is -0.634. The van der Waals surface area contributed by atoms with Crippen molar-refractivity contribution in [3.8, 4) is 22.6 Å². The van der Waals surface area contributed by atoms with Gasteiger partial charge in [0.15, 0.2) is 18.0 Å². The number of aliphatic carboxylic acids is 2. The second-order valence-corrected chi connectivity index (χ2v) is 12.5. The van der Waals surface area contributed by atoms with Gasteiger partial charge < -0.3 is 29.2 Å². The molecule has 1 aliphatic rings. The number of ether oxygens (including phenoxy) is 4. The molecule has 9 heteroatoms. The fourth-order valence-corrected chi connectivity index (χ4v) is 6.04. The van der Waals surface area contributed by atoms with Crippen LogP contribution in [0.15, 0.2) is 97.1 Å². The number of carbonyl (C=O) groups is 3. The van der Waals surface area contributed by atoms with Gasteiger partial charge in [-0.3, -0.25) is 4.79 Å². The van der Waals surface area contributed by atoms with Gasteiger partial charge in [0.05, 0.1) is 0 Å². The molecule has 0 amide bonds. The maximum atomic E-state index is 13.6. The number of fused-ring (bicyclic) bond motifs is 3. The Hall–Kier alpha value is -5.51. The van der Waals surface area contributed by atoms with Crippen molar-refractivity contribution >= 4 is 28.9 Å². The minimum Gasteiger partial charge on any atom is -0.490 e. The minimum atomic E-state index is -0.982. The summed E-state index contributed by atoms with van der Waals surface area (Å²) in [6.45, 7) is 8.85. The topological polar surface area (TPSA) is 129 Å². The predicted molar refractivity (Wildman–Crippen MR) is 200 cm³/mol. The molecule has 0 fully saturated rings. The van der Waals surface area contributed by atoms with E-state index < -0.39 is 24.1 Å². The van der Waals surface area contributed by atoms with Crippen LogP contribution in [-0.2, 0) is 31.9 Å². The van der Waals surface area contributed by atoms with Crippen molar-refractivity contribution in [2.24, 2.45) is 0 Å². The van der Waals surface area contributed by atoms with Gasteiger partial charge in [-0.05, 0) is 121 Å². The third kappa shape index (κ3) is 9.42. The molecule has 0 heterocycles. The van der Waals surface area contributed by atoms with Crippen LogP contribution < -0.4 is 9.47 Å². The highest BCUT2D eigenvalue weighted by Gasteiger charge is 2.27. The number of carboxylic acids is 2. The fraction of sp³-hybridized carbons (Fsp3) is 0.279. The molecule has 2 N–H and O–H groups in total. The minimum absolute atomic E-state index is 0.00840. The second-order valence-electron chi connectivity index (χ2n) is 12.5. The first-order valence-corrected chi connectivity index (χ1v) is 17.4. The smallest absolute Gasteiger partial charge is 0.333 e. The number of hydrogen-bond acceptors (Lipinski definition) is 7. The normalized spacial score (nSPS) is 13.7. The van der Waals surface area contributed by atoms with Gasteiger partial charge in [0.25, 0.3) is 0 Å². The molecule has 4 aromatic rings. The first kappa shape index (κ1) is 37.7. The molecule has 0 spiro atoms.